The fourth-order valence-corrected chi connectivity index (χ4v) is 5.88. The van der Waals surface area contributed by atoms with Crippen LogP contribution >= 0.6 is 23.2 Å². The minimum absolute atomic E-state index is 0.0956. The van der Waals surface area contributed by atoms with Crippen molar-refractivity contribution >= 4 is 34.9 Å². The zero-order valence-corrected chi connectivity index (χ0v) is 24.0. The number of nitrogens with one attached hydrogen (secondary N) is 1. The summed E-state index contributed by atoms with van der Waals surface area (Å²) in [4.78, 5) is 24.3. The highest BCUT2D eigenvalue weighted by atomic mass is 35.5. The number of rotatable bonds is 7. The van der Waals surface area contributed by atoms with E-state index in [0.29, 0.717) is 28.0 Å². The summed E-state index contributed by atoms with van der Waals surface area (Å²) >= 11 is 12.5. The first-order chi connectivity index (χ1) is 19.7. The number of amides is 1. The van der Waals surface area contributed by atoms with Gasteiger partial charge in [0.2, 0.25) is 0 Å². The molecule has 6 nitrogen and oxygen atoms in total. The maximum absolute atomic E-state index is 12.7. The average molecular weight is 607 g/mol. The molecule has 41 heavy (non-hydrogen) atoms. The Hall–Kier alpha value is -2.85. The fraction of sp³-hybridized carbons (Fsp3) is 0.400. The van der Waals surface area contributed by atoms with Crippen LogP contribution in [0.4, 0.5) is 19.0 Å². The molecule has 1 aromatic heterocycles. The molecule has 2 aromatic carbocycles. The van der Waals surface area contributed by atoms with Crippen LogP contribution in [0.25, 0.3) is 0 Å². The van der Waals surface area contributed by atoms with E-state index in [2.05, 4.69) is 37.1 Å². The predicted molar refractivity (Wildman–Crippen MR) is 155 cm³/mol. The Balaban J connectivity index is 1.08. The molecule has 1 amide bonds. The van der Waals surface area contributed by atoms with Crippen LogP contribution in [0.2, 0.25) is 10.0 Å². The van der Waals surface area contributed by atoms with Crippen LogP contribution in [0.3, 0.4) is 0 Å². The first-order valence-electron chi connectivity index (χ1n) is 13.7. The molecule has 1 N–H and O–H groups in total. The Morgan fingerprint density at radius 1 is 0.902 bits per heavy atom. The molecule has 0 saturated carbocycles. The number of nitrogens with zero attached hydrogens (tertiary/aromatic N) is 4. The second-order valence-electron chi connectivity index (χ2n) is 10.6. The molecule has 3 aromatic rings. The molecule has 0 radical (unpaired) electrons. The highest BCUT2D eigenvalue weighted by molar-refractivity contribution is 6.33. The van der Waals surface area contributed by atoms with Gasteiger partial charge in [-0.15, -0.1) is 0 Å². The van der Waals surface area contributed by atoms with Gasteiger partial charge >= 0.3 is 6.18 Å². The number of aromatic nitrogens is 1. The SMILES string of the molecule is O=C(NCc1ccc(C(F)(F)F)cc1)c1cnc(N2CCN(C3CCN(Cc4ccc(Cl)cc4)CC3)CC2)c(Cl)c1. The van der Waals surface area contributed by atoms with E-state index >= 15 is 0 Å². The average Bonchev–Trinajstić information content (AvgIpc) is 2.97. The molecule has 2 aliphatic heterocycles. The fourth-order valence-electron chi connectivity index (χ4n) is 5.47. The van der Waals surface area contributed by atoms with Crippen LogP contribution in [0.1, 0.15) is 39.9 Å². The second kappa shape index (κ2) is 13.0. The normalized spacial score (nSPS) is 17.5. The maximum Gasteiger partial charge on any atom is 0.416 e. The van der Waals surface area contributed by atoms with E-state index < -0.39 is 17.6 Å². The highest BCUT2D eigenvalue weighted by Gasteiger charge is 2.30. The lowest BCUT2D eigenvalue weighted by Crippen LogP contribution is -2.53. The quantitative estimate of drug-likeness (QED) is 0.351. The Kier molecular flexibility index (Phi) is 9.38. The van der Waals surface area contributed by atoms with E-state index in [9.17, 15) is 18.0 Å². The maximum atomic E-state index is 12.7. The third-order valence-corrected chi connectivity index (χ3v) is 8.36. The van der Waals surface area contributed by atoms with Gasteiger partial charge in [0, 0.05) is 56.5 Å². The van der Waals surface area contributed by atoms with Crippen LogP contribution in [-0.4, -0.2) is 66.0 Å². The predicted octanol–water partition coefficient (Wildman–Crippen LogP) is 6.12. The number of benzene rings is 2. The van der Waals surface area contributed by atoms with Gasteiger partial charge in [-0.3, -0.25) is 14.6 Å². The lowest BCUT2D eigenvalue weighted by atomic mass is 10.0. The number of hydrogen-bond donors (Lipinski definition) is 1. The number of pyridine rings is 1. The Morgan fingerprint density at radius 3 is 2.15 bits per heavy atom. The molecule has 3 heterocycles. The molecule has 0 aliphatic carbocycles. The van der Waals surface area contributed by atoms with Gasteiger partial charge < -0.3 is 10.2 Å². The Bertz CT molecular complexity index is 1320. The number of piperazine rings is 1. The van der Waals surface area contributed by atoms with Crippen molar-refractivity contribution in [2.45, 2.75) is 38.1 Å². The third-order valence-electron chi connectivity index (χ3n) is 7.83. The van der Waals surface area contributed by atoms with E-state index in [0.717, 1.165) is 75.8 Å². The van der Waals surface area contributed by atoms with Gasteiger partial charge in [0.15, 0.2) is 0 Å². The third kappa shape index (κ3) is 7.71. The minimum Gasteiger partial charge on any atom is -0.353 e. The number of anilines is 1. The summed E-state index contributed by atoms with van der Waals surface area (Å²) in [6.45, 7) is 6.65. The molecule has 11 heteroatoms. The van der Waals surface area contributed by atoms with Crippen molar-refractivity contribution in [3.8, 4) is 0 Å². The van der Waals surface area contributed by atoms with Gasteiger partial charge in [-0.1, -0.05) is 47.5 Å². The topological polar surface area (TPSA) is 51.7 Å². The van der Waals surface area contributed by atoms with Gasteiger partial charge in [-0.05, 0) is 67.4 Å². The smallest absolute Gasteiger partial charge is 0.353 e. The standard InChI is InChI=1S/C30H32Cl2F3N5O/c31-25-7-3-22(4-8-25)20-38-11-9-26(10-12-38)39-13-15-40(16-14-39)28-27(32)17-23(19-36-28)29(41)37-18-21-1-5-24(6-2-21)30(33,34)35/h1-8,17,19,26H,9-16,18,20H2,(H,37,41). The van der Waals surface area contributed by atoms with Crippen LogP contribution in [0.15, 0.2) is 60.8 Å². The molecule has 2 aliphatic rings. The lowest BCUT2D eigenvalue weighted by molar-refractivity contribution is -0.137. The van der Waals surface area contributed by atoms with Crippen molar-refractivity contribution < 1.29 is 18.0 Å². The molecule has 0 spiro atoms. The van der Waals surface area contributed by atoms with Crippen LogP contribution in [0.5, 0.6) is 0 Å². The van der Waals surface area contributed by atoms with Crippen LogP contribution in [-0.2, 0) is 19.3 Å². The summed E-state index contributed by atoms with van der Waals surface area (Å²) in [7, 11) is 0. The molecule has 2 saturated heterocycles. The molecular formula is C30H32Cl2F3N5O. The monoisotopic (exact) mass is 605 g/mol. The Labute approximate surface area is 248 Å². The van der Waals surface area contributed by atoms with E-state index in [-0.39, 0.29) is 6.54 Å². The number of carbonyl (C=O) groups is 1. The zero-order valence-electron chi connectivity index (χ0n) is 22.5. The van der Waals surface area contributed by atoms with Gasteiger partial charge in [-0.2, -0.15) is 13.2 Å². The largest absolute Gasteiger partial charge is 0.416 e. The van der Waals surface area contributed by atoms with E-state index in [1.54, 1.807) is 6.07 Å². The summed E-state index contributed by atoms with van der Waals surface area (Å²) in [5.41, 5.74) is 1.42. The number of hydrogen-bond acceptors (Lipinski definition) is 5. The number of likely N-dealkylation sites (tertiary alicyclic amines) is 1. The molecule has 2 fully saturated rings. The van der Waals surface area contributed by atoms with E-state index in [1.165, 1.54) is 23.9 Å². The summed E-state index contributed by atoms with van der Waals surface area (Å²) in [5, 5.41) is 3.88. The van der Waals surface area contributed by atoms with Crippen molar-refractivity contribution in [1.29, 1.82) is 0 Å². The molecular weight excluding hydrogens is 574 g/mol. The highest BCUT2D eigenvalue weighted by Crippen LogP contribution is 2.29. The van der Waals surface area contributed by atoms with Crippen molar-refractivity contribution in [1.82, 2.24) is 20.1 Å². The number of alkyl halides is 3. The molecule has 218 valence electrons. The molecule has 0 unspecified atom stereocenters. The number of piperidine rings is 1. The molecule has 5 rings (SSSR count). The second-order valence-corrected chi connectivity index (χ2v) is 11.4. The summed E-state index contributed by atoms with van der Waals surface area (Å²) < 4.78 is 38.2. The van der Waals surface area contributed by atoms with Crippen LogP contribution < -0.4 is 10.2 Å². The van der Waals surface area contributed by atoms with Crippen molar-refractivity contribution in [3.05, 3.63) is 93.1 Å². The first kappa shape index (κ1) is 29.6. The number of halogens is 5. The molecule has 0 bridgehead atoms. The van der Waals surface area contributed by atoms with Gasteiger partial charge in [0.1, 0.15) is 5.82 Å². The number of carbonyl (C=O) groups excluding carboxylic acids is 1. The first-order valence-corrected chi connectivity index (χ1v) is 14.5. The summed E-state index contributed by atoms with van der Waals surface area (Å²) in [6, 6.07) is 14.9. The van der Waals surface area contributed by atoms with Gasteiger partial charge in [-0.25, -0.2) is 4.98 Å². The van der Waals surface area contributed by atoms with Crippen LogP contribution in [0, 0.1) is 0 Å². The Morgan fingerprint density at radius 2 is 1.54 bits per heavy atom. The van der Waals surface area contributed by atoms with E-state index in [1.807, 2.05) is 12.1 Å². The summed E-state index contributed by atoms with van der Waals surface area (Å²) in [5.74, 6) is 0.265. The van der Waals surface area contributed by atoms with Crippen molar-refractivity contribution in [3.63, 3.8) is 0 Å². The van der Waals surface area contributed by atoms with Crippen molar-refractivity contribution in [2.75, 3.05) is 44.2 Å². The van der Waals surface area contributed by atoms with Crippen molar-refractivity contribution in [2.24, 2.45) is 0 Å². The minimum atomic E-state index is -4.39. The van der Waals surface area contributed by atoms with E-state index in [4.69, 9.17) is 23.2 Å². The summed E-state index contributed by atoms with van der Waals surface area (Å²) in [6.07, 6.45) is -0.618. The van der Waals surface area contributed by atoms with Gasteiger partial charge in [0.25, 0.3) is 5.91 Å². The van der Waals surface area contributed by atoms with Gasteiger partial charge in [0.05, 0.1) is 16.1 Å². The molecule has 0 atom stereocenters. The lowest BCUT2D eigenvalue weighted by Gasteiger charge is -2.43. The zero-order chi connectivity index (χ0) is 29.0.